The number of urea groups is 1. The van der Waals surface area contributed by atoms with Gasteiger partial charge in [-0.25, -0.2) is 4.79 Å². The zero-order valence-electron chi connectivity index (χ0n) is 12.0. The van der Waals surface area contributed by atoms with Crippen LogP contribution in [0.1, 0.15) is 24.0 Å². The van der Waals surface area contributed by atoms with Crippen LogP contribution >= 0.6 is 0 Å². The summed E-state index contributed by atoms with van der Waals surface area (Å²) in [6, 6.07) is 8.07. The minimum atomic E-state index is -0.148. The Labute approximate surface area is 122 Å². The average Bonchev–Trinajstić information content (AvgIpc) is 3.23. The van der Waals surface area contributed by atoms with Gasteiger partial charge >= 0.3 is 6.03 Å². The van der Waals surface area contributed by atoms with Gasteiger partial charge in [-0.2, -0.15) is 0 Å². The van der Waals surface area contributed by atoms with Crippen molar-refractivity contribution in [3.8, 4) is 0 Å². The topological polar surface area (TPSA) is 74.0 Å². The van der Waals surface area contributed by atoms with Crippen molar-refractivity contribution in [2.45, 2.75) is 32.2 Å². The summed E-state index contributed by atoms with van der Waals surface area (Å²) >= 11 is 0. The quantitative estimate of drug-likeness (QED) is 0.802. The van der Waals surface area contributed by atoms with E-state index in [1.165, 1.54) is 0 Å². The van der Waals surface area contributed by atoms with E-state index in [0.717, 1.165) is 29.3 Å². The summed E-state index contributed by atoms with van der Waals surface area (Å²) in [7, 11) is 0. The minimum Gasteiger partial charge on any atom is -0.338 e. The fourth-order valence-corrected chi connectivity index (χ4v) is 2.32. The van der Waals surface area contributed by atoms with E-state index < -0.39 is 0 Å². The third-order valence-electron chi connectivity index (χ3n) is 3.67. The predicted octanol–water partition coefficient (Wildman–Crippen LogP) is 1.84. The van der Waals surface area contributed by atoms with Crippen molar-refractivity contribution in [3.05, 3.63) is 45.7 Å². The Morgan fingerprint density at radius 2 is 2.14 bits per heavy atom. The lowest BCUT2D eigenvalue weighted by Crippen LogP contribution is -2.38. The molecule has 1 aliphatic carbocycles. The molecule has 1 fully saturated rings. The Morgan fingerprint density at radius 1 is 1.33 bits per heavy atom. The van der Waals surface area contributed by atoms with Crippen LogP contribution in [-0.2, 0) is 6.42 Å². The van der Waals surface area contributed by atoms with Crippen LogP contribution in [0, 0.1) is 6.92 Å². The van der Waals surface area contributed by atoms with Crippen LogP contribution in [0.25, 0.3) is 10.9 Å². The second kappa shape index (κ2) is 5.60. The van der Waals surface area contributed by atoms with Crippen LogP contribution in [0.5, 0.6) is 0 Å². The molecular formula is C16H19N3O2. The van der Waals surface area contributed by atoms with Gasteiger partial charge in [0.15, 0.2) is 0 Å². The molecule has 1 aliphatic rings. The fourth-order valence-electron chi connectivity index (χ4n) is 2.32. The van der Waals surface area contributed by atoms with E-state index in [1.54, 1.807) is 0 Å². The molecule has 5 heteroatoms. The molecule has 1 heterocycles. The summed E-state index contributed by atoms with van der Waals surface area (Å²) in [4.78, 5) is 26.4. The molecule has 1 saturated carbocycles. The van der Waals surface area contributed by atoms with Crippen LogP contribution in [0.15, 0.2) is 29.1 Å². The highest BCUT2D eigenvalue weighted by molar-refractivity contribution is 5.79. The SMILES string of the molecule is Cc1ccc2cc(CCNC(=O)NC3CC3)c(=O)[nH]c2c1. The summed E-state index contributed by atoms with van der Waals surface area (Å²) < 4.78 is 0. The number of benzene rings is 1. The molecule has 0 radical (unpaired) electrons. The van der Waals surface area contributed by atoms with Crippen molar-refractivity contribution in [1.29, 1.82) is 0 Å². The number of amides is 2. The summed E-state index contributed by atoms with van der Waals surface area (Å²) in [5, 5.41) is 6.65. The number of aromatic amines is 1. The van der Waals surface area contributed by atoms with Gasteiger partial charge in [0.25, 0.3) is 5.56 Å². The molecule has 110 valence electrons. The van der Waals surface area contributed by atoms with Gasteiger partial charge in [-0.3, -0.25) is 4.79 Å². The van der Waals surface area contributed by atoms with Gasteiger partial charge in [0, 0.05) is 23.7 Å². The lowest BCUT2D eigenvalue weighted by atomic mass is 10.1. The second-order valence-electron chi connectivity index (χ2n) is 5.64. The maximum atomic E-state index is 12.0. The number of hydrogen-bond donors (Lipinski definition) is 3. The van der Waals surface area contributed by atoms with Gasteiger partial charge < -0.3 is 15.6 Å². The molecule has 0 atom stereocenters. The molecule has 0 bridgehead atoms. The molecule has 2 amide bonds. The monoisotopic (exact) mass is 285 g/mol. The predicted molar refractivity (Wildman–Crippen MR) is 82.6 cm³/mol. The first-order valence-electron chi connectivity index (χ1n) is 7.29. The number of nitrogens with one attached hydrogen (secondary N) is 3. The second-order valence-corrected chi connectivity index (χ2v) is 5.64. The number of rotatable bonds is 4. The molecule has 0 unspecified atom stereocenters. The molecule has 0 spiro atoms. The van der Waals surface area contributed by atoms with Crippen LogP contribution in [0.3, 0.4) is 0 Å². The highest BCUT2D eigenvalue weighted by Gasteiger charge is 2.22. The van der Waals surface area contributed by atoms with Crippen LogP contribution in [0.2, 0.25) is 0 Å². The Bertz CT molecular complexity index is 732. The first kappa shape index (κ1) is 13.7. The van der Waals surface area contributed by atoms with Gasteiger partial charge in [0.05, 0.1) is 0 Å². The number of aryl methyl sites for hydroxylation is 1. The van der Waals surface area contributed by atoms with E-state index in [9.17, 15) is 9.59 Å². The zero-order valence-corrected chi connectivity index (χ0v) is 12.0. The summed E-state index contributed by atoms with van der Waals surface area (Å²) in [6.45, 7) is 2.45. The van der Waals surface area contributed by atoms with E-state index in [0.29, 0.717) is 24.6 Å². The van der Waals surface area contributed by atoms with Crippen LogP contribution in [0.4, 0.5) is 4.79 Å². The Hall–Kier alpha value is -2.30. The van der Waals surface area contributed by atoms with E-state index in [2.05, 4.69) is 15.6 Å². The van der Waals surface area contributed by atoms with Gasteiger partial charge in [0.1, 0.15) is 0 Å². The molecule has 1 aromatic carbocycles. The molecule has 1 aromatic heterocycles. The smallest absolute Gasteiger partial charge is 0.315 e. The maximum absolute atomic E-state index is 12.0. The highest BCUT2D eigenvalue weighted by atomic mass is 16.2. The van der Waals surface area contributed by atoms with Gasteiger partial charge in [-0.05, 0) is 49.3 Å². The number of carbonyl (C=O) groups is 1. The van der Waals surface area contributed by atoms with Crippen molar-refractivity contribution < 1.29 is 4.79 Å². The molecule has 5 nitrogen and oxygen atoms in total. The molecule has 3 rings (SSSR count). The number of H-pyrrole nitrogens is 1. The normalized spacial score (nSPS) is 14.1. The van der Waals surface area contributed by atoms with Gasteiger partial charge in [-0.1, -0.05) is 12.1 Å². The lowest BCUT2D eigenvalue weighted by Gasteiger charge is -2.07. The third-order valence-corrected chi connectivity index (χ3v) is 3.67. The van der Waals surface area contributed by atoms with Gasteiger partial charge in [-0.15, -0.1) is 0 Å². The zero-order chi connectivity index (χ0) is 14.8. The fraction of sp³-hybridized carbons (Fsp3) is 0.375. The molecule has 0 saturated heterocycles. The number of hydrogen-bond acceptors (Lipinski definition) is 2. The Balaban J connectivity index is 1.65. The van der Waals surface area contributed by atoms with E-state index in [-0.39, 0.29) is 11.6 Å². The largest absolute Gasteiger partial charge is 0.338 e. The maximum Gasteiger partial charge on any atom is 0.315 e. The van der Waals surface area contributed by atoms with Crippen molar-refractivity contribution in [1.82, 2.24) is 15.6 Å². The highest BCUT2D eigenvalue weighted by Crippen LogP contribution is 2.18. The third kappa shape index (κ3) is 3.42. The number of aromatic nitrogens is 1. The van der Waals surface area contributed by atoms with E-state index in [1.807, 2.05) is 31.2 Å². The Kier molecular flexibility index (Phi) is 3.64. The first-order chi connectivity index (χ1) is 10.1. The molecule has 2 aromatic rings. The number of carbonyl (C=O) groups excluding carboxylic acids is 1. The summed E-state index contributed by atoms with van der Waals surface area (Å²) in [5.41, 5.74) is 2.57. The standard InChI is InChI=1S/C16H19N3O2/c1-10-2-3-11-9-12(15(20)19-14(11)8-10)6-7-17-16(21)18-13-4-5-13/h2-3,8-9,13H,4-7H2,1H3,(H,19,20)(H2,17,18,21). The van der Waals surface area contributed by atoms with Gasteiger partial charge in [0.2, 0.25) is 0 Å². The van der Waals surface area contributed by atoms with Crippen molar-refractivity contribution in [2.24, 2.45) is 0 Å². The molecular weight excluding hydrogens is 266 g/mol. The average molecular weight is 285 g/mol. The summed E-state index contributed by atoms with van der Waals surface area (Å²) in [5.74, 6) is 0. The first-order valence-corrected chi connectivity index (χ1v) is 7.29. The van der Waals surface area contributed by atoms with Crippen LogP contribution in [-0.4, -0.2) is 23.6 Å². The van der Waals surface area contributed by atoms with Crippen molar-refractivity contribution >= 4 is 16.9 Å². The molecule has 3 N–H and O–H groups in total. The minimum absolute atomic E-state index is 0.0856. The number of pyridine rings is 1. The number of fused-ring (bicyclic) bond motifs is 1. The lowest BCUT2D eigenvalue weighted by molar-refractivity contribution is 0.240. The summed E-state index contributed by atoms with van der Waals surface area (Å²) in [6.07, 6.45) is 2.66. The molecule has 0 aliphatic heterocycles. The van der Waals surface area contributed by atoms with E-state index in [4.69, 9.17) is 0 Å². The van der Waals surface area contributed by atoms with Crippen molar-refractivity contribution in [2.75, 3.05) is 6.54 Å². The van der Waals surface area contributed by atoms with Crippen molar-refractivity contribution in [3.63, 3.8) is 0 Å². The van der Waals surface area contributed by atoms with Crippen LogP contribution < -0.4 is 16.2 Å². The van der Waals surface area contributed by atoms with E-state index >= 15 is 0 Å². The molecule has 21 heavy (non-hydrogen) atoms. The Morgan fingerprint density at radius 3 is 2.90 bits per heavy atom.